The van der Waals surface area contributed by atoms with Crippen molar-refractivity contribution in [3.8, 4) is 0 Å². The molecular weight excluding hydrogens is 176 g/mol. The first kappa shape index (κ1) is 11.5. The highest BCUT2D eigenvalue weighted by Gasteiger charge is 2.26. The molecule has 80 valence electrons. The minimum Gasteiger partial charge on any atom is -0.362 e. The molecule has 1 unspecified atom stereocenters. The maximum Gasteiger partial charge on any atom is 0.185 e. The van der Waals surface area contributed by atoms with Crippen molar-refractivity contribution in [3.05, 3.63) is 24.8 Å². The Hall–Kier alpha value is -0.600. The summed E-state index contributed by atoms with van der Waals surface area (Å²) in [6.45, 7) is 4.34. The molecule has 0 aromatic carbocycles. The van der Waals surface area contributed by atoms with Gasteiger partial charge in [0.1, 0.15) is 0 Å². The van der Waals surface area contributed by atoms with Gasteiger partial charge in [-0.05, 0) is 38.2 Å². The van der Waals surface area contributed by atoms with Crippen molar-refractivity contribution in [1.82, 2.24) is 0 Å². The normalized spacial score (nSPS) is 28.1. The van der Waals surface area contributed by atoms with Crippen molar-refractivity contribution in [3.63, 3.8) is 0 Å². The van der Waals surface area contributed by atoms with Gasteiger partial charge in [0, 0.05) is 6.42 Å². The molecule has 1 fully saturated rings. The van der Waals surface area contributed by atoms with Crippen molar-refractivity contribution in [1.29, 1.82) is 0 Å². The van der Waals surface area contributed by atoms with Crippen LogP contribution in [-0.4, -0.2) is 17.5 Å². The Labute approximate surface area is 86.3 Å². The molecule has 2 nitrogen and oxygen atoms in total. The first-order valence-electron chi connectivity index (χ1n) is 5.42. The Morgan fingerprint density at radius 1 is 1.36 bits per heavy atom. The molecule has 1 atom stereocenters. The molecule has 1 aliphatic rings. The monoisotopic (exact) mass is 196 g/mol. The molecule has 0 radical (unpaired) electrons. The molecule has 0 aliphatic carbocycles. The van der Waals surface area contributed by atoms with Crippen LogP contribution < -0.4 is 0 Å². The molecule has 0 aromatic heterocycles. The third-order valence-corrected chi connectivity index (χ3v) is 2.44. The number of hydrogen-bond donors (Lipinski definition) is 1. The first-order valence-corrected chi connectivity index (χ1v) is 5.42. The number of rotatable bonds is 5. The van der Waals surface area contributed by atoms with Crippen LogP contribution in [0.15, 0.2) is 24.8 Å². The molecule has 1 aliphatic heterocycles. The molecule has 0 amide bonds. The zero-order chi connectivity index (χ0) is 10.3. The number of hydrogen-bond acceptors (Lipinski definition) is 2. The molecule has 1 rings (SSSR count). The smallest absolute Gasteiger partial charge is 0.185 e. The lowest BCUT2D eigenvalue weighted by atomic mass is 10.0. The molecule has 0 saturated carbocycles. The lowest BCUT2D eigenvalue weighted by Crippen LogP contribution is -2.33. The highest BCUT2D eigenvalue weighted by Crippen LogP contribution is 2.23. The van der Waals surface area contributed by atoms with Crippen molar-refractivity contribution in [2.75, 3.05) is 6.61 Å². The molecular formula is C12H20O2. The summed E-state index contributed by atoms with van der Waals surface area (Å²) in [7, 11) is 0. The highest BCUT2D eigenvalue weighted by molar-refractivity contribution is 4.96. The van der Waals surface area contributed by atoms with Crippen LogP contribution in [-0.2, 0) is 4.74 Å². The summed E-state index contributed by atoms with van der Waals surface area (Å²) >= 11 is 0. The summed E-state index contributed by atoms with van der Waals surface area (Å²) in [5, 5.41) is 9.90. The summed E-state index contributed by atoms with van der Waals surface area (Å²) < 4.78 is 5.32. The van der Waals surface area contributed by atoms with Crippen LogP contribution in [0.4, 0.5) is 0 Å². The summed E-state index contributed by atoms with van der Waals surface area (Å²) in [5.41, 5.74) is 0. The van der Waals surface area contributed by atoms with Crippen LogP contribution in [0, 0.1) is 0 Å². The van der Waals surface area contributed by atoms with Gasteiger partial charge in [-0.1, -0.05) is 12.2 Å². The van der Waals surface area contributed by atoms with Crippen LogP contribution in [0.25, 0.3) is 0 Å². The number of ether oxygens (including phenoxy) is 1. The van der Waals surface area contributed by atoms with E-state index in [1.54, 1.807) is 6.08 Å². The Kier molecular flexibility index (Phi) is 4.91. The van der Waals surface area contributed by atoms with Gasteiger partial charge in [-0.3, -0.25) is 0 Å². The zero-order valence-corrected chi connectivity index (χ0v) is 8.74. The molecule has 1 heterocycles. The van der Waals surface area contributed by atoms with Crippen LogP contribution in [0.5, 0.6) is 0 Å². The van der Waals surface area contributed by atoms with Crippen molar-refractivity contribution in [2.24, 2.45) is 0 Å². The number of aliphatic hydroxyl groups is 1. The average Bonchev–Trinajstić information content (AvgIpc) is 2.18. The molecule has 0 aromatic rings. The quantitative estimate of drug-likeness (QED) is 0.541. The molecule has 2 heteroatoms. The topological polar surface area (TPSA) is 29.5 Å². The van der Waals surface area contributed by atoms with E-state index in [1.165, 1.54) is 0 Å². The first-order chi connectivity index (χ1) is 6.77. The van der Waals surface area contributed by atoms with Crippen LogP contribution in [0.1, 0.15) is 38.5 Å². The van der Waals surface area contributed by atoms with Crippen molar-refractivity contribution < 1.29 is 9.84 Å². The maximum absolute atomic E-state index is 9.90. The lowest BCUT2D eigenvalue weighted by Gasteiger charge is -2.29. The SMILES string of the molecule is C=CCCCC=CC1(O)CCCCO1. The second kappa shape index (κ2) is 5.99. The fourth-order valence-electron chi connectivity index (χ4n) is 1.58. The van der Waals surface area contributed by atoms with E-state index >= 15 is 0 Å². The van der Waals surface area contributed by atoms with Gasteiger partial charge < -0.3 is 9.84 Å². The van der Waals surface area contributed by atoms with E-state index in [1.807, 2.05) is 12.2 Å². The Morgan fingerprint density at radius 3 is 2.86 bits per heavy atom. The van der Waals surface area contributed by atoms with Gasteiger partial charge in [0.05, 0.1) is 6.61 Å². The van der Waals surface area contributed by atoms with E-state index in [-0.39, 0.29) is 0 Å². The van der Waals surface area contributed by atoms with Crippen LogP contribution >= 0.6 is 0 Å². The summed E-state index contributed by atoms with van der Waals surface area (Å²) in [4.78, 5) is 0. The van der Waals surface area contributed by atoms with E-state index in [4.69, 9.17) is 4.74 Å². The fourth-order valence-corrected chi connectivity index (χ4v) is 1.58. The van der Waals surface area contributed by atoms with E-state index in [0.29, 0.717) is 6.61 Å². The predicted octanol–water partition coefficient (Wildman–Crippen LogP) is 2.79. The second-order valence-corrected chi connectivity index (χ2v) is 3.77. The molecule has 1 saturated heterocycles. The van der Waals surface area contributed by atoms with Gasteiger partial charge in [-0.15, -0.1) is 6.58 Å². The number of unbranched alkanes of at least 4 members (excludes halogenated alkanes) is 2. The van der Waals surface area contributed by atoms with E-state index in [0.717, 1.165) is 38.5 Å². The van der Waals surface area contributed by atoms with Gasteiger partial charge >= 0.3 is 0 Å². The maximum atomic E-state index is 9.90. The summed E-state index contributed by atoms with van der Waals surface area (Å²) in [6, 6.07) is 0. The standard InChI is InChI=1S/C12H20O2/c1-2-3-4-5-6-9-12(13)10-7-8-11-14-12/h2,6,9,13H,1,3-5,7-8,10-11H2. The average molecular weight is 196 g/mol. The molecule has 14 heavy (non-hydrogen) atoms. The van der Waals surface area contributed by atoms with Gasteiger partial charge in [-0.2, -0.15) is 0 Å². The third kappa shape index (κ3) is 4.07. The Balaban J connectivity index is 2.22. The van der Waals surface area contributed by atoms with Crippen LogP contribution in [0.3, 0.4) is 0 Å². The molecule has 1 N–H and O–H groups in total. The number of allylic oxidation sites excluding steroid dienone is 2. The van der Waals surface area contributed by atoms with Gasteiger partial charge in [-0.25, -0.2) is 0 Å². The highest BCUT2D eigenvalue weighted by atomic mass is 16.6. The predicted molar refractivity (Wildman–Crippen MR) is 57.9 cm³/mol. The van der Waals surface area contributed by atoms with Gasteiger partial charge in [0.15, 0.2) is 5.79 Å². The molecule has 0 bridgehead atoms. The van der Waals surface area contributed by atoms with Crippen LogP contribution in [0.2, 0.25) is 0 Å². The minimum atomic E-state index is -0.980. The van der Waals surface area contributed by atoms with E-state index in [2.05, 4.69) is 6.58 Å². The third-order valence-electron chi connectivity index (χ3n) is 2.44. The second-order valence-electron chi connectivity index (χ2n) is 3.77. The van der Waals surface area contributed by atoms with E-state index < -0.39 is 5.79 Å². The van der Waals surface area contributed by atoms with Crippen molar-refractivity contribution >= 4 is 0 Å². The van der Waals surface area contributed by atoms with Crippen molar-refractivity contribution in [2.45, 2.75) is 44.3 Å². The van der Waals surface area contributed by atoms with E-state index in [9.17, 15) is 5.11 Å². The minimum absolute atomic E-state index is 0.674. The van der Waals surface area contributed by atoms with Gasteiger partial charge in [0.25, 0.3) is 0 Å². The largest absolute Gasteiger partial charge is 0.362 e. The Morgan fingerprint density at radius 2 is 2.21 bits per heavy atom. The van der Waals surface area contributed by atoms with Gasteiger partial charge in [0.2, 0.25) is 0 Å². The lowest BCUT2D eigenvalue weighted by molar-refractivity contribution is -0.188. The Bertz CT molecular complexity index is 190. The molecule has 0 spiro atoms. The fraction of sp³-hybridized carbons (Fsp3) is 0.667. The summed E-state index contributed by atoms with van der Waals surface area (Å²) in [5.74, 6) is -0.980. The summed E-state index contributed by atoms with van der Waals surface area (Å²) in [6.07, 6.45) is 11.7. The zero-order valence-electron chi connectivity index (χ0n) is 8.74.